The van der Waals surface area contributed by atoms with Crippen LogP contribution in [-0.2, 0) is 19.1 Å². The van der Waals surface area contributed by atoms with Crippen LogP contribution in [0.25, 0.3) is 0 Å². The van der Waals surface area contributed by atoms with Gasteiger partial charge in [0.25, 0.3) is 0 Å². The lowest BCUT2D eigenvalue weighted by atomic mass is 10.0. The number of rotatable bonds is 9. The van der Waals surface area contributed by atoms with E-state index >= 15 is 0 Å². The van der Waals surface area contributed by atoms with Gasteiger partial charge in [0.1, 0.15) is 0 Å². The van der Waals surface area contributed by atoms with Gasteiger partial charge in [0.2, 0.25) is 5.91 Å². The highest BCUT2D eigenvalue weighted by atomic mass is 16.5. The van der Waals surface area contributed by atoms with Crippen LogP contribution < -0.4 is 5.32 Å². The van der Waals surface area contributed by atoms with Crippen molar-refractivity contribution in [2.24, 2.45) is 0 Å². The van der Waals surface area contributed by atoms with E-state index in [-0.39, 0.29) is 12.3 Å². The zero-order chi connectivity index (χ0) is 15.7. The Bertz CT molecular complexity index is 458. The third-order valence-electron chi connectivity index (χ3n) is 2.97. The number of ether oxygens (including phenoxy) is 2. The van der Waals surface area contributed by atoms with E-state index in [0.717, 1.165) is 0 Å². The van der Waals surface area contributed by atoms with Crippen molar-refractivity contribution in [1.82, 2.24) is 0 Å². The number of hydrogen-bond donors (Lipinski definition) is 2. The SMILES string of the molecule is COCCOCCC(=O)Nc1ccc(C(C)C(=O)O)cc1. The minimum atomic E-state index is -0.875. The molecule has 2 N–H and O–H groups in total. The molecule has 0 aliphatic rings. The van der Waals surface area contributed by atoms with Crippen LogP contribution in [0.2, 0.25) is 0 Å². The van der Waals surface area contributed by atoms with Crippen LogP contribution >= 0.6 is 0 Å². The van der Waals surface area contributed by atoms with E-state index < -0.39 is 11.9 Å². The topological polar surface area (TPSA) is 84.9 Å². The molecule has 0 bridgehead atoms. The maximum Gasteiger partial charge on any atom is 0.310 e. The number of carboxylic acids is 1. The second-order valence-corrected chi connectivity index (χ2v) is 4.59. The van der Waals surface area contributed by atoms with Gasteiger partial charge in [-0.25, -0.2) is 0 Å². The summed E-state index contributed by atoms with van der Waals surface area (Å²) >= 11 is 0. The molecule has 0 saturated carbocycles. The highest BCUT2D eigenvalue weighted by molar-refractivity contribution is 5.90. The minimum absolute atomic E-state index is 0.147. The van der Waals surface area contributed by atoms with Crippen molar-refractivity contribution in [1.29, 1.82) is 0 Å². The zero-order valence-corrected chi connectivity index (χ0v) is 12.3. The van der Waals surface area contributed by atoms with Gasteiger partial charge in [-0.05, 0) is 24.6 Å². The second-order valence-electron chi connectivity index (χ2n) is 4.59. The quantitative estimate of drug-likeness (QED) is 0.679. The van der Waals surface area contributed by atoms with Gasteiger partial charge in [0.05, 0.1) is 32.2 Å². The molecular weight excluding hydrogens is 274 g/mol. The molecule has 1 aromatic rings. The van der Waals surface area contributed by atoms with E-state index in [4.69, 9.17) is 14.6 Å². The highest BCUT2D eigenvalue weighted by Gasteiger charge is 2.13. The van der Waals surface area contributed by atoms with E-state index in [2.05, 4.69) is 5.32 Å². The molecule has 116 valence electrons. The van der Waals surface area contributed by atoms with Crippen molar-refractivity contribution in [2.75, 3.05) is 32.2 Å². The van der Waals surface area contributed by atoms with Crippen molar-refractivity contribution in [2.45, 2.75) is 19.3 Å². The van der Waals surface area contributed by atoms with Crippen LogP contribution in [0.15, 0.2) is 24.3 Å². The number of nitrogens with one attached hydrogen (secondary N) is 1. The number of hydrogen-bond acceptors (Lipinski definition) is 4. The first kappa shape index (κ1) is 17.1. The fourth-order valence-corrected chi connectivity index (χ4v) is 1.63. The Kier molecular flexibility index (Phi) is 7.42. The highest BCUT2D eigenvalue weighted by Crippen LogP contribution is 2.18. The van der Waals surface area contributed by atoms with Crippen LogP contribution in [-0.4, -0.2) is 43.9 Å². The minimum Gasteiger partial charge on any atom is -0.481 e. The van der Waals surface area contributed by atoms with Crippen molar-refractivity contribution < 1.29 is 24.2 Å². The molecule has 0 aliphatic carbocycles. The number of benzene rings is 1. The number of carbonyl (C=O) groups is 2. The molecule has 1 aromatic carbocycles. The molecule has 0 saturated heterocycles. The Morgan fingerprint density at radius 1 is 1.19 bits per heavy atom. The average molecular weight is 295 g/mol. The molecule has 0 heterocycles. The van der Waals surface area contributed by atoms with Crippen LogP contribution in [0.1, 0.15) is 24.8 Å². The molecule has 6 heteroatoms. The van der Waals surface area contributed by atoms with Gasteiger partial charge in [0.15, 0.2) is 0 Å². The van der Waals surface area contributed by atoms with Crippen LogP contribution in [0.4, 0.5) is 5.69 Å². The molecule has 6 nitrogen and oxygen atoms in total. The molecular formula is C15H21NO5. The summed E-state index contributed by atoms with van der Waals surface area (Å²) < 4.78 is 10.0. The summed E-state index contributed by atoms with van der Waals surface area (Å²) in [5.41, 5.74) is 1.33. The molecule has 21 heavy (non-hydrogen) atoms. The number of anilines is 1. The van der Waals surface area contributed by atoms with Gasteiger partial charge in [-0.2, -0.15) is 0 Å². The van der Waals surface area contributed by atoms with Crippen molar-refractivity contribution in [3.8, 4) is 0 Å². The molecule has 0 fully saturated rings. The molecule has 0 aliphatic heterocycles. The third-order valence-corrected chi connectivity index (χ3v) is 2.97. The van der Waals surface area contributed by atoms with Crippen molar-refractivity contribution in [3.63, 3.8) is 0 Å². The smallest absolute Gasteiger partial charge is 0.310 e. The maximum absolute atomic E-state index is 11.7. The first-order chi connectivity index (χ1) is 10.0. The number of methoxy groups -OCH3 is 1. The first-order valence-electron chi connectivity index (χ1n) is 6.74. The molecule has 0 spiro atoms. The molecule has 0 radical (unpaired) electrons. The fourth-order valence-electron chi connectivity index (χ4n) is 1.63. The van der Waals surface area contributed by atoms with Crippen LogP contribution in [0.3, 0.4) is 0 Å². The molecule has 1 unspecified atom stereocenters. The summed E-state index contributed by atoms with van der Waals surface area (Å²) in [7, 11) is 1.59. The van der Waals surface area contributed by atoms with E-state index in [1.807, 2.05) is 0 Å². The number of aliphatic carboxylic acids is 1. The van der Waals surface area contributed by atoms with Gasteiger partial charge in [0, 0.05) is 12.8 Å². The predicted octanol–water partition coefficient (Wildman–Crippen LogP) is 1.87. The van der Waals surface area contributed by atoms with E-state index in [9.17, 15) is 9.59 Å². The summed E-state index contributed by atoms with van der Waals surface area (Å²) in [6.07, 6.45) is 0.261. The number of carbonyl (C=O) groups excluding carboxylic acids is 1. The third kappa shape index (κ3) is 6.37. The van der Waals surface area contributed by atoms with Gasteiger partial charge in [-0.15, -0.1) is 0 Å². The van der Waals surface area contributed by atoms with Gasteiger partial charge >= 0.3 is 5.97 Å². The zero-order valence-electron chi connectivity index (χ0n) is 12.3. The van der Waals surface area contributed by atoms with Crippen molar-refractivity contribution in [3.05, 3.63) is 29.8 Å². The number of carboxylic acid groups (broad SMARTS) is 1. The average Bonchev–Trinajstić information content (AvgIpc) is 2.47. The van der Waals surface area contributed by atoms with Crippen LogP contribution in [0.5, 0.6) is 0 Å². The Labute approximate surface area is 124 Å². The fraction of sp³-hybridized carbons (Fsp3) is 0.467. The Morgan fingerprint density at radius 3 is 2.43 bits per heavy atom. The number of amides is 1. The van der Waals surface area contributed by atoms with E-state index in [1.54, 1.807) is 38.3 Å². The molecule has 0 aromatic heterocycles. The summed E-state index contributed by atoms with van der Waals surface area (Å²) in [6, 6.07) is 6.78. The maximum atomic E-state index is 11.7. The predicted molar refractivity (Wildman–Crippen MR) is 78.4 cm³/mol. The standard InChI is InChI=1S/C15H21NO5/c1-11(15(18)19)12-3-5-13(6-4-12)16-14(17)7-8-21-10-9-20-2/h3-6,11H,7-10H2,1-2H3,(H,16,17)(H,18,19). The summed E-state index contributed by atoms with van der Waals surface area (Å²) in [5.74, 6) is -1.59. The Morgan fingerprint density at radius 2 is 1.86 bits per heavy atom. The van der Waals surface area contributed by atoms with Gasteiger partial charge in [-0.1, -0.05) is 12.1 Å². The molecule has 1 rings (SSSR count). The summed E-state index contributed by atoms with van der Waals surface area (Å²) in [4.78, 5) is 22.5. The van der Waals surface area contributed by atoms with Gasteiger partial charge < -0.3 is 19.9 Å². The normalized spacial score (nSPS) is 11.9. The Hall–Kier alpha value is -1.92. The van der Waals surface area contributed by atoms with E-state index in [0.29, 0.717) is 31.1 Å². The molecule has 1 atom stereocenters. The van der Waals surface area contributed by atoms with Crippen LogP contribution in [0, 0.1) is 0 Å². The lowest BCUT2D eigenvalue weighted by molar-refractivity contribution is -0.138. The Balaban J connectivity index is 2.38. The largest absolute Gasteiger partial charge is 0.481 e. The summed E-state index contributed by atoms with van der Waals surface area (Å²) in [6.45, 7) is 2.92. The second kappa shape index (κ2) is 9.10. The molecule has 1 amide bonds. The lowest BCUT2D eigenvalue weighted by Gasteiger charge is -2.09. The summed E-state index contributed by atoms with van der Waals surface area (Å²) in [5, 5.41) is 11.6. The van der Waals surface area contributed by atoms with Gasteiger partial charge in [-0.3, -0.25) is 9.59 Å². The van der Waals surface area contributed by atoms with E-state index in [1.165, 1.54) is 0 Å². The van der Waals surface area contributed by atoms with Crippen molar-refractivity contribution >= 4 is 17.6 Å². The lowest BCUT2D eigenvalue weighted by Crippen LogP contribution is -2.15. The monoisotopic (exact) mass is 295 g/mol. The first-order valence-corrected chi connectivity index (χ1v) is 6.74.